The van der Waals surface area contributed by atoms with Crippen molar-refractivity contribution < 1.29 is 18.7 Å². The van der Waals surface area contributed by atoms with Crippen LogP contribution in [-0.4, -0.2) is 46.1 Å². The van der Waals surface area contributed by atoms with E-state index in [1.165, 1.54) is 13.2 Å². The molecule has 1 atom stereocenters. The van der Waals surface area contributed by atoms with Gasteiger partial charge in [0.1, 0.15) is 6.61 Å². The molecule has 4 bridgehead atoms. The number of pyridine rings is 1. The SMILES string of the molecule is COc1c(F)cccc1Nc1c2[nH]c3c1C(=O)NCC3C/C=C/COc1nc3nccc-2c3[nH]1. The number of amides is 1. The lowest BCUT2D eigenvalue weighted by atomic mass is 9.93. The molecule has 4 aromatic rings. The van der Waals surface area contributed by atoms with Gasteiger partial charge in [-0.05, 0) is 24.6 Å². The molecule has 0 radical (unpaired) electrons. The minimum atomic E-state index is -0.505. The molecule has 1 unspecified atom stereocenters. The van der Waals surface area contributed by atoms with Crippen molar-refractivity contribution in [3.05, 3.63) is 59.7 Å². The van der Waals surface area contributed by atoms with Gasteiger partial charge in [0, 0.05) is 29.9 Å². The maximum atomic E-state index is 14.4. The Kier molecular flexibility index (Phi) is 4.72. The summed E-state index contributed by atoms with van der Waals surface area (Å²) in [5.41, 5.74) is 4.77. The second-order valence-electron chi connectivity index (χ2n) is 8.13. The molecule has 2 aliphatic heterocycles. The van der Waals surface area contributed by atoms with Gasteiger partial charge in [0.25, 0.3) is 11.9 Å². The summed E-state index contributed by atoms with van der Waals surface area (Å²) in [6.07, 6.45) is 6.31. The largest absolute Gasteiger partial charge is 0.492 e. The van der Waals surface area contributed by atoms with Crippen LogP contribution in [0.4, 0.5) is 15.8 Å². The summed E-state index contributed by atoms with van der Waals surface area (Å²) >= 11 is 0. The van der Waals surface area contributed by atoms with E-state index < -0.39 is 5.82 Å². The van der Waals surface area contributed by atoms with Gasteiger partial charge in [-0.2, -0.15) is 4.98 Å². The number of H-pyrrole nitrogens is 2. The van der Waals surface area contributed by atoms with Crippen molar-refractivity contribution in [3.63, 3.8) is 0 Å². The number of halogens is 1. The Bertz CT molecular complexity index is 1460. The molecule has 9 nitrogen and oxygen atoms in total. The van der Waals surface area contributed by atoms with Crippen molar-refractivity contribution in [1.29, 1.82) is 0 Å². The average Bonchev–Trinajstić information content (AvgIpc) is 3.42. The van der Waals surface area contributed by atoms with Crippen LogP contribution in [0.15, 0.2) is 42.6 Å². The first-order chi connectivity index (χ1) is 16.6. The van der Waals surface area contributed by atoms with Gasteiger partial charge in [-0.15, -0.1) is 0 Å². The number of nitrogens with zero attached hydrogens (tertiary/aromatic N) is 2. The molecule has 0 saturated carbocycles. The Hall–Kier alpha value is -4.34. The maximum Gasteiger partial charge on any atom is 0.296 e. The number of ether oxygens (including phenoxy) is 2. The number of aromatic amines is 2. The molecule has 34 heavy (non-hydrogen) atoms. The summed E-state index contributed by atoms with van der Waals surface area (Å²) in [5, 5.41) is 6.26. The summed E-state index contributed by atoms with van der Waals surface area (Å²) in [4.78, 5) is 28.6. The molecule has 0 fully saturated rings. The van der Waals surface area contributed by atoms with Gasteiger partial charge in [0.05, 0.1) is 35.3 Å². The standard InChI is InChI=1S/C24H21FN6O3/c1-33-21-14(25)6-4-7-15(21)28-20-16-17-12(11-27-23(16)32)5-2-3-10-34-24-30-19-13(18(20)29-17)8-9-26-22(19)31-24/h2-4,6-9,12,28-29H,5,10-11H2,1H3,(H,27,32)(H,26,30,31)/b3-2+. The molecule has 0 spiro atoms. The highest BCUT2D eigenvalue weighted by atomic mass is 19.1. The van der Waals surface area contributed by atoms with Gasteiger partial charge < -0.3 is 30.1 Å². The van der Waals surface area contributed by atoms with E-state index in [0.717, 1.165) is 11.3 Å². The summed E-state index contributed by atoms with van der Waals surface area (Å²) in [6, 6.07) is 6.80. The van der Waals surface area contributed by atoms with Crippen molar-refractivity contribution in [3.8, 4) is 23.0 Å². The quantitative estimate of drug-likeness (QED) is 0.343. The topological polar surface area (TPSA) is 117 Å². The summed E-state index contributed by atoms with van der Waals surface area (Å²) in [7, 11) is 1.41. The first-order valence-corrected chi connectivity index (χ1v) is 10.9. The third-order valence-electron chi connectivity index (χ3n) is 6.15. The van der Waals surface area contributed by atoms with Crippen LogP contribution in [0.5, 0.6) is 11.8 Å². The number of nitrogens with one attached hydrogen (secondary N) is 4. The smallest absolute Gasteiger partial charge is 0.296 e. The molecule has 172 valence electrons. The zero-order valence-electron chi connectivity index (χ0n) is 18.2. The van der Waals surface area contributed by atoms with Crippen molar-refractivity contribution in [1.82, 2.24) is 25.3 Å². The van der Waals surface area contributed by atoms with Crippen LogP contribution < -0.4 is 20.1 Å². The molecule has 6 rings (SSSR count). The molecule has 5 heterocycles. The van der Waals surface area contributed by atoms with E-state index in [1.807, 2.05) is 18.2 Å². The van der Waals surface area contributed by atoms with E-state index in [2.05, 4.69) is 30.6 Å². The lowest BCUT2D eigenvalue weighted by Gasteiger charge is -2.23. The van der Waals surface area contributed by atoms with E-state index in [9.17, 15) is 9.18 Å². The zero-order chi connectivity index (χ0) is 23.2. The number of allylic oxidation sites excluding steroid dienone is 1. The van der Waals surface area contributed by atoms with Gasteiger partial charge in [0.15, 0.2) is 17.2 Å². The zero-order valence-corrected chi connectivity index (χ0v) is 18.2. The molecule has 3 aromatic heterocycles. The fraction of sp³-hybridized carbons (Fsp3) is 0.208. The van der Waals surface area contributed by atoms with E-state index >= 15 is 0 Å². The van der Waals surface area contributed by atoms with Crippen LogP contribution in [0.3, 0.4) is 0 Å². The van der Waals surface area contributed by atoms with Crippen LogP contribution in [0.1, 0.15) is 28.4 Å². The number of hydrogen-bond acceptors (Lipinski definition) is 6. The summed E-state index contributed by atoms with van der Waals surface area (Å²) in [6.45, 7) is 0.863. The summed E-state index contributed by atoms with van der Waals surface area (Å²) < 4.78 is 25.5. The second-order valence-corrected chi connectivity index (χ2v) is 8.13. The van der Waals surface area contributed by atoms with Gasteiger partial charge in [-0.3, -0.25) is 4.79 Å². The maximum absolute atomic E-state index is 14.4. The number of hydrogen-bond donors (Lipinski definition) is 4. The number of methoxy groups -OCH3 is 1. The molecule has 1 aromatic carbocycles. The first-order valence-electron chi connectivity index (χ1n) is 10.9. The summed E-state index contributed by atoms with van der Waals surface area (Å²) in [5.74, 6) is -0.621. The van der Waals surface area contributed by atoms with E-state index in [-0.39, 0.29) is 17.6 Å². The van der Waals surface area contributed by atoms with Gasteiger partial charge in [0.2, 0.25) is 0 Å². The predicted octanol–water partition coefficient (Wildman–Crippen LogP) is 4.01. The number of para-hydroxylation sites is 1. The highest BCUT2D eigenvalue weighted by Gasteiger charge is 2.33. The van der Waals surface area contributed by atoms with Crippen LogP contribution in [-0.2, 0) is 0 Å². The molecule has 0 saturated heterocycles. The van der Waals surface area contributed by atoms with Gasteiger partial charge >= 0.3 is 0 Å². The Balaban J connectivity index is 1.63. The van der Waals surface area contributed by atoms with Crippen molar-refractivity contribution >= 4 is 28.4 Å². The Labute approximate surface area is 193 Å². The Morgan fingerprint density at radius 2 is 2.15 bits per heavy atom. The molecular formula is C24H21FN6O3. The van der Waals surface area contributed by atoms with Gasteiger partial charge in [-0.25, -0.2) is 9.37 Å². The number of aromatic nitrogens is 4. The number of imidazole rings is 1. The fourth-order valence-corrected chi connectivity index (χ4v) is 4.57. The third-order valence-corrected chi connectivity index (χ3v) is 6.15. The molecule has 0 aliphatic carbocycles. The van der Waals surface area contributed by atoms with E-state index in [4.69, 9.17) is 9.47 Å². The van der Waals surface area contributed by atoms with Crippen molar-refractivity contribution in [2.24, 2.45) is 0 Å². The number of carbonyl (C=O) groups is 1. The van der Waals surface area contributed by atoms with Crippen molar-refractivity contribution in [2.75, 3.05) is 25.6 Å². The van der Waals surface area contributed by atoms with E-state index in [1.54, 1.807) is 18.3 Å². The Morgan fingerprint density at radius 1 is 1.24 bits per heavy atom. The highest BCUT2D eigenvalue weighted by Crippen LogP contribution is 2.43. The normalized spacial score (nSPS) is 17.8. The van der Waals surface area contributed by atoms with E-state index in [0.29, 0.717) is 59.4 Å². The molecule has 4 N–H and O–H groups in total. The average molecular weight is 460 g/mol. The number of anilines is 2. The fourth-order valence-electron chi connectivity index (χ4n) is 4.57. The minimum absolute atomic E-state index is 0.0298. The Morgan fingerprint density at radius 3 is 3.03 bits per heavy atom. The number of fused-ring (bicyclic) bond motifs is 3. The molecule has 1 amide bonds. The monoisotopic (exact) mass is 460 g/mol. The number of rotatable bonds is 3. The lowest BCUT2D eigenvalue weighted by Crippen LogP contribution is -2.34. The van der Waals surface area contributed by atoms with Crippen LogP contribution in [0.25, 0.3) is 22.4 Å². The van der Waals surface area contributed by atoms with Crippen molar-refractivity contribution in [2.45, 2.75) is 12.3 Å². The second kappa shape index (κ2) is 7.91. The first kappa shape index (κ1) is 20.3. The number of carbonyl (C=O) groups excluding carboxylic acids is 1. The van der Waals surface area contributed by atoms with Gasteiger partial charge in [-0.1, -0.05) is 18.2 Å². The molecule has 10 heteroatoms. The van der Waals surface area contributed by atoms with Crippen LogP contribution in [0.2, 0.25) is 0 Å². The van der Waals surface area contributed by atoms with Crippen LogP contribution >= 0.6 is 0 Å². The minimum Gasteiger partial charge on any atom is -0.492 e. The lowest BCUT2D eigenvalue weighted by molar-refractivity contribution is 0.0941. The van der Waals surface area contributed by atoms with Crippen LogP contribution in [0, 0.1) is 5.82 Å². The number of benzene rings is 1. The molecule has 2 aliphatic rings. The molecular weight excluding hydrogens is 439 g/mol. The third kappa shape index (κ3) is 3.18. The predicted molar refractivity (Wildman–Crippen MR) is 124 cm³/mol. The highest BCUT2D eigenvalue weighted by molar-refractivity contribution is 6.08.